The highest BCUT2D eigenvalue weighted by molar-refractivity contribution is 7.85. The molecule has 3 N–H and O–H groups in total. The number of hydrogen-bond acceptors (Lipinski definition) is 4. The van der Waals surface area contributed by atoms with Crippen LogP contribution in [0.15, 0.2) is 36.5 Å². The van der Waals surface area contributed by atoms with E-state index in [0.717, 1.165) is 38.5 Å². The van der Waals surface area contributed by atoms with Gasteiger partial charge >= 0.3 is 0 Å². The molecule has 0 aliphatic rings. The molecule has 0 saturated carbocycles. The van der Waals surface area contributed by atoms with Crippen molar-refractivity contribution < 1.29 is 22.9 Å². The number of aliphatic hydroxyl groups is 1. The molecule has 2 unspecified atom stereocenters. The summed E-state index contributed by atoms with van der Waals surface area (Å²) in [7, 11) is -4.35. The number of carbonyl (C=O) groups excluding carboxylic acids is 1. The van der Waals surface area contributed by atoms with Crippen LogP contribution in [0.4, 0.5) is 0 Å². The first-order valence-electron chi connectivity index (χ1n) is 18.2. The Morgan fingerprint density at radius 2 is 0.977 bits per heavy atom. The highest BCUT2D eigenvalue weighted by atomic mass is 32.2. The van der Waals surface area contributed by atoms with Crippen LogP contribution in [0.3, 0.4) is 0 Å². The van der Waals surface area contributed by atoms with Gasteiger partial charge < -0.3 is 10.4 Å². The zero-order valence-electron chi connectivity index (χ0n) is 28.5. The molecule has 0 aliphatic carbocycles. The van der Waals surface area contributed by atoms with Gasteiger partial charge in [0.1, 0.15) is 0 Å². The van der Waals surface area contributed by atoms with Gasteiger partial charge in [-0.3, -0.25) is 9.35 Å². The number of hydrogen-bond donors (Lipinski definition) is 3. The van der Waals surface area contributed by atoms with Gasteiger partial charge in [-0.15, -0.1) is 0 Å². The zero-order chi connectivity index (χ0) is 32.6. The van der Waals surface area contributed by atoms with Crippen molar-refractivity contribution in [1.29, 1.82) is 0 Å². The first kappa shape index (κ1) is 42.6. The fourth-order valence-electron chi connectivity index (χ4n) is 5.30. The number of amides is 1. The van der Waals surface area contributed by atoms with Gasteiger partial charge in [-0.1, -0.05) is 159 Å². The van der Waals surface area contributed by atoms with Crippen molar-refractivity contribution >= 4 is 16.0 Å². The molecule has 2 atom stereocenters. The fraction of sp³-hybridized carbons (Fsp3) is 0.811. The Kier molecular flexibility index (Phi) is 30.5. The van der Waals surface area contributed by atoms with Gasteiger partial charge in [0.2, 0.25) is 5.91 Å². The Balaban J connectivity index is 4.07. The summed E-state index contributed by atoms with van der Waals surface area (Å²) in [5, 5.41) is 13.1. The highest BCUT2D eigenvalue weighted by Crippen LogP contribution is 2.13. The zero-order valence-corrected chi connectivity index (χ0v) is 29.3. The summed E-state index contributed by atoms with van der Waals surface area (Å²) < 4.78 is 32.3. The minimum atomic E-state index is -4.35. The summed E-state index contributed by atoms with van der Waals surface area (Å²) in [5.74, 6) is -1.01. The predicted octanol–water partition coefficient (Wildman–Crippen LogP) is 10.2. The van der Waals surface area contributed by atoms with Crippen LogP contribution >= 0.6 is 0 Å². The number of rotatable bonds is 32. The van der Waals surface area contributed by atoms with Crippen molar-refractivity contribution in [2.45, 2.75) is 187 Å². The Bertz CT molecular complexity index is 837. The molecule has 258 valence electrons. The largest absolute Gasteiger partial charge is 0.387 e. The molecule has 0 aromatic rings. The third-order valence-corrected chi connectivity index (χ3v) is 8.83. The van der Waals surface area contributed by atoms with E-state index in [9.17, 15) is 22.9 Å². The highest BCUT2D eigenvalue weighted by Gasteiger charge is 2.24. The molecule has 0 spiro atoms. The summed E-state index contributed by atoms with van der Waals surface area (Å²) in [4.78, 5) is 12.4. The van der Waals surface area contributed by atoms with Crippen LogP contribution in [0, 0.1) is 0 Å². The van der Waals surface area contributed by atoms with Crippen molar-refractivity contribution in [2.75, 3.05) is 5.75 Å². The van der Waals surface area contributed by atoms with Crippen LogP contribution in [-0.2, 0) is 14.9 Å². The van der Waals surface area contributed by atoms with E-state index in [2.05, 4.69) is 43.5 Å². The number of aliphatic hydroxyl groups excluding tert-OH is 1. The molecular formula is C37H69NO5S. The topological polar surface area (TPSA) is 104 Å². The average molecular weight is 640 g/mol. The minimum absolute atomic E-state index is 0.286. The van der Waals surface area contributed by atoms with Crippen LogP contribution in [0.25, 0.3) is 0 Å². The molecule has 0 aromatic heterocycles. The van der Waals surface area contributed by atoms with E-state index in [1.54, 1.807) is 6.08 Å². The lowest BCUT2D eigenvalue weighted by Crippen LogP contribution is -2.46. The van der Waals surface area contributed by atoms with Gasteiger partial charge in [-0.05, 0) is 44.9 Å². The third kappa shape index (κ3) is 32.0. The molecule has 0 radical (unpaired) electrons. The SMILES string of the molecule is CCCCCCCCCC/C=C/CC/C=C/CC/C=C/C(O)C(CS(=O)(=O)O)NC(=O)CCCCCCCCCCCCC. The van der Waals surface area contributed by atoms with Crippen molar-refractivity contribution in [3.05, 3.63) is 36.5 Å². The predicted molar refractivity (Wildman–Crippen MR) is 189 cm³/mol. The molecule has 7 heteroatoms. The molecule has 0 rings (SSSR count). The van der Waals surface area contributed by atoms with E-state index in [1.807, 2.05) is 0 Å². The molecular weight excluding hydrogens is 570 g/mol. The van der Waals surface area contributed by atoms with Gasteiger partial charge in [-0.2, -0.15) is 8.42 Å². The molecule has 0 fully saturated rings. The summed E-state index contributed by atoms with van der Waals surface area (Å²) >= 11 is 0. The van der Waals surface area contributed by atoms with Crippen LogP contribution < -0.4 is 5.32 Å². The van der Waals surface area contributed by atoms with Crippen LogP contribution in [0.2, 0.25) is 0 Å². The number of unbranched alkanes of at least 4 members (excludes halogenated alkanes) is 20. The maximum Gasteiger partial charge on any atom is 0.267 e. The minimum Gasteiger partial charge on any atom is -0.387 e. The second-order valence-electron chi connectivity index (χ2n) is 12.5. The standard InChI is InChI=1S/C37H69NO5S/c1-3-5-7-9-11-13-15-16-17-18-19-20-21-23-24-26-28-30-32-36(39)35(34-44(41,42)43)38-37(40)33-31-29-27-25-22-14-12-10-8-6-4-2/h18-19,23-24,30,32,35-36,39H,3-17,20-22,25-29,31,33-34H2,1-2H3,(H,38,40)(H,41,42,43)/b19-18+,24-23+,32-30+. The summed E-state index contributed by atoms with van der Waals surface area (Å²) in [6, 6.07) is -1.07. The van der Waals surface area contributed by atoms with E-state index in [1.165, 1.54) is 115 Å². The smallest absolute Gasteiger partial charge is 0.267 e. The summed E-state index contributed by atoms with van der Waals surface area (Å²) in [6.45, 7) is 4.49. The second kappa shape index (κ2) is 31.5. The van der Waals surface area contributed by atoms with Crippen LogP contribution in [0.5, 0.6) is 0 Å². The van der Waals surface area contributed by atoms with Gasteiger partial charge in [0.25, 0.3) is 10.1 Å². The Labute approximate surface area is 272 Å². The lowest BCUT2D eigenvalue weighted by molar-refractivity contribution is -0.122. The molecule has 1 amide bonds. The molecule has 0 aliphatic heterocycles. The number of allylic oxidation sites excluding steroid dienone is 5. The lowest BCUT2D eigenvalue weighted by Gasteiger charge is -2.21. The van der Waals surface area contributed by atoms with Crippen molar-refractivity contribution in [2.24, 2.45) is 0 Å². The van der Waals surface area contributed by atoms with E-state index < -0.39 is 28.0 Å². The van der Waals surface area contributed by atoms with Gasteiger partial charge in [0.05, 0.1) is 17.9 Å². The number of carbonyl (C=O) groups is 1. The molecule has 0 saturated heterocycles. The van der Waals surface area contributed by atoms with E-state index in [4.69, 9.17) is 0 Å². The van der Waals surface area contributed by atoms with E-state index in [0.29, 0.717) is 6.42 Å². The van der Waals surface area contributed by atoms with Crippen molar-refractivity contribution in [1.82, 2.24) is 5.32 Å². The first-order chi connectivity index (χ1) is 21.3. The fourth-order valence-corrected chi connectivity index (χ4v) is 6.04. The maximum atomic E-state index is 12.4. The van der Waals surface area contributed by atoms with Crippen LogP contribution in [0.1, 0.15) is 174 Å². The Morgan fingerprint density at radius 3 is 1.43 bits per heavy atom. The van der Waals surface area contributed by atoms with Crippen molar-refractivity contribution in [3.8, 4) is 0 Å². The summed E-state index contributed by atoms with van der Waals surface area (Å²) in [5.41, 5.74) is 0. The first-order valence-corrected chi connectivity index (χ1v) is 19.8. The normalized spacial score (nSPS) is 13.8. The van der Waals surface area contributed by atoms with Crippen molar-refractivity contribution in [3.63, 3.8) is 0 Å². The summed E-state index contributed by atoms with van der Waals surface area (Å²) in [6.07, 6.45) is 39.9. The Morgan fingerprint density at radius 1 is 0.591 bits per heavy atom. The van der Waals surface area contributed by atoms with E-state index >= 15 is 0 Å². The second-order valence-corrected chi connectivity index (χ2v) is 14.0. The lowest BCUT2D eigenvalue weighted by atomic mass is 10.0. The molecule has 0 bridgehead atoms. The number of nitrogens with one attached hydrogen (secondary N) is 1. The molecule has 0 aromatic carbocycles. The quantitative estimate of drug-likeness (QED) is 0.0386. The average Bonchev–Trinajstić information content (AvgIpc) is 2.98. The molecule has 44 heavy (non-hydrogen) atoms. The monoisotopic (exact) mass is 639 g/mol. The van der Waals surface area contributed by atoms with Gasteiger partial charge in [0.15, 0.2) is 0 Å². The molecule has 0 heterocycles. The van der Waals surface area contributed by atoms with E-state index in [-0.39, 0.29) is 12.3 Å². The van der Waals surface area contributed by atoms with Gasteiger partial charge in [-0.25, -0.2) is 0 Å². The maximum absolute atomic E-state index is 12.4. The molecule has 6 nitrogen and oxygen atoms in total. The Hall–Kier alpha value is -1.44. The van der Waals surface area contributed by atoms with Crippen LogP contribution in [-0.4, -0.2) is 41.9 Å². The third-order valence-electron chi connectivity index (χ3n) is 8.05. The van der Waals surface area contributed by atoms with Gasteiger partial charge in [0, 0.05) is 6.42 Å².